The molecule has 7 heteroatoms. The van der Waals surface area contributed by atoms with Crippen LogP contribution in [0.15, 0.2) is 54.6 Å². The molecule has 0 radical (unpaired) electrons. The highest BCUT2D eigenvalue weighted by molar-refractivity contribution is 6.33. The van der Waals surface area contributed by atoms with E-state index in [2.05, 4.69) is 5.32 Å². The Kier molecular flexibility index (Phi) is 6.52. The van der Waals surface area contributed by atoms with Crippen LogP contribution in [0.3, 0.4) is 0 Å². The van der Waals surface area contributed by atoms with Crippen molar-refractivity contribution in [2.75, 3.05) is 7.11 Å². The van der Waals surface area contributed by atoms with E-state index in [1.54, 1.807) is 36.4 Å². The molecule has 0 saturated heterocycles. The fourth-order valence-corrected chi connectivity index (χ4v) is 3.25. The number of hydrogen-bond donors (Lipinski definition) is 1. The molecule has 0 aliphatic carbocycles. The van der Waals surface area contributed by atoms with Crippen LogP contribution in [0, 0.1) is 5.82 Å². The Labute approximate surface area is 177 Å². The summed E-state index contributed by atoms with van der Waals surface area (Å²) in [5.41, 5.74) is 2.48. The van der Waals surface area contributed by atoms with Gasteiger partial charge in [0.2, 0.25) is 0 Å². The molecule has 148 valence electrons. The van der Waals surface area contributed by atoms with Crippen molar-refractivity contribution in [1.29, 1.82) is 0 Å². The van der Waals surface area contributed by atoms with Crippen molar-refractivity contribution in [3.63, 3.8) is 0 Å². The first-order valence-corrected chi connectivity index (χ1v) is 9.33. The van der Waals surface area contributed by atoms with E-state index in [4.69, 9.17) is 27.9 Å². The number of carbonyl (C=O) groups is 2. The third-order valence-electron chi connectivity index (χ3n) is 4.33. The normalized spacial score (nSPS) is 10.5. The van der Waals surface area contributed by atoms with Crippen molar-refractivity contribution in [2.45, 2.75) is 6.54 Å². The first kappa shape index (κ1) is 20.8. The molecule has 1 amide bonds. The molecule has 4 nitrogen and oxygen atoms in total. The molecule has 0 fully saturated rings. The smallest absolute Gasteiger partial charge is 0.254 e. The summed E-state index contributed by atoms with van der Waals surface area (Å²) in [4.78, 5) is 23.4. The molecule has 0 unspecified atom stereocenters. The van der Waals surface area contributed by atoms with Gasteiger partial charge in [-0.1, -0.05) is 35.3 Å². The molecular weight excluding hydrogens is 416 g/mol. The number of aldehydes is 1. The van der Waals surface area contributed by atoms with Crippen LogP contribution in [-0.4, -0.2) is 19.3 Å². The van der Waals surface area contributed by atoms with Gasteiger partial charge in [-0.2, -0.15) is 0 Å². The Morgan fingerprint density at radius 2 is 1.90 bits per heavy atom. The van der Waals surface area contributed by atoms with Crippen LogP contribution in [0.5, 0.6) is 5.75 Å². The van der Waals surface area contributed by atoms with Crippen LogP contribution in [0.4, 0.5) is 4.39 Å². The predicted octanol–water partition coefficient (Wildman–Crippen LogP) is 5.55. The van der Waals surface area contributed by atoms with Crippen molar-refractivity contribution < 1.29 is 18.7 Å². The number of halogens is 3. The number of rotatable bonds is 6. The van der Waals surface area contributed by atoms with Crippen molar-refractivity contribution in [3.05, 3.63) is 87.2 Å². The van der Waals surface area contributed by atoms with Crippen LogP contribution in [0.25, 0.3) is 11.1 Å². The predicted molar refractivity (Wildman–Crippen MR) is 111 cm³/mol. The van der Waals surface area contributed by atoms with Gasteiger partial charge in [0.25, 0.3) is 5.91 Å². The van der Waals surface area contributed by atoms with Gasteiger partial charge in [0.05, 0.1) is 12.7 Å². The molecule has 0 atom stereocenters. The maximum atomic E-state index is 14.0. The highest BCUT2D eigenvalue weighted by atomic mass is 35.5. The van der Waals surface area contributed by atoms with Gasteiger partial charge in [0, 0.05) is 33.3 Å². The van der Waals surface area contributed by atoms with Gasteiger partial charge in [-0.15, -0.1) is 0 Å². The molecule has 0 bridgehead atoms. The van der Waals surface area contributed by atoms with E-state index >= 15 is 0 Å². The molecular formula is C22H16Cl2FNO3. The molecule has 1 N–H and O–H groups in total. The zero-order chi connectivity index (χ0) is 21.0. The van der Waals surface area contributed by atoms with Crippen molar-refractivity contribution in [3.8, 4) is 16.9 Å². The third kappa shape index (κ3) is 4.75. The number of carbonyl (C=O) groups excluding carboxylic acids is 2. The minimum absolute atomic E-state index is 0.100. The van der Waals surface area contributed by atoms with Gasteiger partial charge in [-0.05, 0) is 48.0 Å². The number of amides is 1. The van der Waals surface area contributed by atoms with Crippen LogP contribution in [-0.2, 0) is 6.54 Å². The van der Waals surface area contributed by atoms with Gasteiger partial charge in [-0.25, -0.2) is 4.39 Å². The van der Waals surface area contributed by atoms with E-state index < -0.39 is 11.7 Å². The summed E-state index contributed by atoms with van der Waals surface area (Å²) >= 11 is 12.0. The van der Waals surface area contributed by atoms with Crippen molar-refractivity contribution >= 4 is 35.4 Å². The Hall–Kier alpha value is -2.89. The van der Waals surface area contributed by atoms with E-state index in [0.717, 1.165) is 17.9 Å². The van der Waals surface area contributed by atoms with E-state index in [0.29, 0.717) is 27.5 Å². The van der Waals surface area contributed by atoms with Crippen LogP contribution >= 0.6 is 23.2 Å². The summed E-state index contributed by atoms with van der Waals surface area (Å²) in [5, 5.41) is 3.37. The summed E-state index contributed by atoms with van der Waals surface area (Å²) in [6.45, 7) is 0.100. The summed E-state index contributed by atoms with van der Waals surface area (Å²) in [6.07, 6.45) is 0.741. The van der Waals surface area contributed by atoms with Gasteiger partial charge in [0.15, 0.2) is 0 Å². The van der Waals surface area contributed by atoms with Crippen LogP contribution < -0.4 is 10.1 Å². The van der Waals surface area contributed by atoms with Gasteiger partial charge in [-0.3, -0.25) is 9.59 Å². The molecule has 0 aliphatic heterocycles. The maximum absolute atomic E-state index is 14.0. The summed E-state index contributed by atoms with van der Waals surface area (Å²) in [6, 6.07) is 14.2. The molecule has 3 aromatic carbocycles. The Morgan fingerprint density at radius 3 is 2.59 bits per heavy atom. The van der Waals surface area contributed by atoms with Gasteiger partial charge in [0.1, 0.15) is 17.9 Å². The minimum atomic E-state index is -0.701. The molecule has 0 heterocycles. The second kappa shape index (κ2) is 9.07. The monoisotopic (exact) mass is 431 g/mol. The van der Waals surface area contributed by atoms with Crippen molar-refractivity contribution in [2.24, 2.45) is 0 Å². The number of benzene rings is 3. The minimum Gasteiger partial charge on any atom is -0.496 e. The summed E-state index contributed by atoms with van der Waals surface area (Å²) in [5.74, 6) is -0.728. The number of hydrogen-bond acceptors (Lipinski definition) is 3. The second-order valence-electron chi connectivity index (χ2n) is 6.19. The molecule has 0 saturated carbocycles. The van der Waals surface area contributed by atoms with E-state index in [-0.39, 0.29) is 17.1 Å². The zero-order valence-corrected chi connectivity index (χ0v) is 16.9. The average molecular weight is 432 g/mol. The molecule has 3 aromatic rings. The lowest BCUT2D eigenvalue weighted by Crippen LogP contribution is -2.24. The average Bonchev–Trinajstić information content (AvgIpc) is 2.72. The Balaban J connectivity index is 1.88. The van der Waals surface area contributed by atoms with Gasteiger partial charge < -0.3 is 10.1 Å². The van der Waals surface area contributed by atoms with Crippen LogP contribution in [0.1, 0.15) is 26.3 Å². The summed E-state index contributed by atoms with van der Waals surface area (Å²) in [7, 11) is 1.51. The SMILES string of the molecule is COc1ccc(-c2cc(C=O)ccc2Cl)cc1CNC(=O)c1ccc(Cl)cc1F. The fraction of sp³-hybridized carbons (Fsp3) is 0.0909. The number of nitrogens with one attached hydrogen (secondary N) is 1. The molecule has 0 spiro atoms. The molecule has 29 heavy (non-hydrogen) atoms. The Morgan fingerprint density at radius 1 is 1.10 bits per heavy atom. The van der Waals surface area contributed by atoms with E-state index in [9.17, 15) is 14.0 Å². The molecule has 0 aliphatic rings. The fourth-order valence-electron chi connectivity index (χ4n) is 2.87. The first-order valence-electron chi connectivity index (χ1n) is 8.58. The standard InChI is InChI=1S/C22H16Cl2FNO3/c1-29-21-7-3-14(18-8-13(12-27)2-6-19(18)24)9-15(21)11-26-22(28)17-5-4-16(23)10-20(17)25/h2-10,12H,11H2,1H3,(H,26,28). The topological polar surface area (TPSA) is 55.4 Å². The zero-order valence-electron chi connectivity index (χ0n) is 15.3. The summed E-state index contributed by atoms with van der Waals surface area (Å²) < 4.78 is 19.3. The molecule has 0 aromatic heterocycles. The highest BCUT2D eigenvalue weighted by Gasteiger charge is 2.14. The quantitative estimate of drug-likeness (QED) is 0.520. The Bertz CT molecular complexity index is 1090. The van der Waals surface area contributed by atoms with E-state index in [1.165, 1.54) is 19.2 Å². The number of ether oxygens (including phenoxy) is 1. The van der Waals surface area contributed by atoms with Crippen LogP contribution in [0.2, 0.25) is 10.0 Å². The largest absolute Gasteiger partial charge is 0.496 e. The lowest BCUT2D eigenvalue weighted by atomic mass is 10.0. The maximum Gasteiger partial charge on any atom is 0.254 e. The van der Waals surface area contributed by atoms with E-state index in [1.807, 2.05) is 0 Å². The molecule has 3 rings (SSSR count). The number of methoxy groups -OCH3 is 1. The lowest BCUT2D eigenvalue weighted by molar-refractivity contribution is 0.0946. The van der Waals surface area contributed by atoms with Gasteiger partial charge >= 0.3 is 0 Å². The van der Waals surface area contributed by atoms with Crippen molar-refractivity contribution in [1.82, 2.24) is 5.32 Å². The third-order valence-corrected chi connectivity index (χ3v) is 4.90. The highest BCUT2D eigenvalue weighted by Crippen LogP contribution is 2.32. The lowest BCUT2D eigenvalue weighted by Gasteiger charge is -2.13. The first-order chi connectivity index (χ1) is 13.9. The second-order valence-corrected chi connectivity index (χ2v) is 7.03.